The van der Waals surface area contributed by atoms with Crippen molar-refractivity contribution in [3.8, 4) is 11.5 Å². The van der Waals surface area contributed by atoms with Crippen LogP contribution in [0, 0.1) is 0 Å². The number of aryl methyl sites for hydroxylation is 1. The van der Waals surface area contributed by atoms with Crippen molar-refractivity contribution in [3.05, 3.63) is 71.8 Å². The quantitative estimate of drug-likeness (QED) is 0.495. The summed E-state index contributed by atoms with van der Waals surface area (Å²) in [5.74, 6) is 1.56. The van der Waals surface area contributed by atoms with Crippen LogP contribution in [0.25, 0.3) is 0 Å². The lowest BCUT2D eigenvalue weighted by atomic mass is 10.2. The Morgan fingerprint density at radius 2 is 1.44 bits per heavy atom. The lowest BCUT2D eigenvalue weighted by molar-refractivity contribution is 0.158. The first-order chi connectivity index (χ1) is 15.3. The van der Waals surface area contributed by atoms with Crippen LogP contribution in [0.3, 0.4) is 0 Å². The van der Waals surface area contributed by atoms with Crippen LogP contribution in [-0.2, 0) is 30.2 Å². The Labute approximate surface area is 188 Å². The third-order valence-electron chi connectivity index (χ3n) is 5.32. The highest BCUT2D eigenvalue weighted by Gasteiger charge is 2.36. The third-order valence-corrected chi connectivity index (χ3v) is 7.50. The molecular formula is C22H28N4O5S. The minimum Gasteiger partial charge on any atom is -0.497 e. The number of hydrogen-bond donors (Lipinski definition) is 1. The van der Waals surface area contributed by atoms with Crippen LogP contribution in [0.15, 0.2) is 54.9 Å². The van der Waals surface area contributed by atoms with E-state index in [1.807, 2.05) is 24.3 Å². The van der Waals surface area contributed by atoms with Gasteiger partial charge in [-0.2, -0.15) is 9.40 Å². The van der Waals surface area contributed by atoms with Crippen LogP contribution in [0.2, 0.25) is 0 Å². The van der Waals surface area contributed by atoms with E-state index in [2.05, 4.69) is 10.1 Å². The fraction of sp³-hybridized carbons (Fsp3) is 0.364. The van der Waals surface area contributed by atoms with Crippen LogP contribution >= 0.6 is 0 Å². The van der Waals surface area contributed by atoms with Gasteiger partial charge in [-0.1, -0.05) is 24.3 Å². The predicted molar refractivity (Wildman–Crippen MR) is 120 cm³/mol. The Morgan fingerprint density at radius 1 is 0.969 bits per heavy atom. The van der Waals surface area contributed by atoms with E-state index in [1.165, 1.54) is 22.2 Å². The first kappa shape index (κ1) is 23.7. The van der Waals surface area contributed by atoms with E-state index < -0.39 is 21.4 Å². The van der Waals surface area contributed by atoms with Gasteiger partial charge in [-0.3, -0.25) is 4.68 Å². The number of aliphatic hydroxyl groups is 1. The number of aromatic nitrogens is 3. The van der Waals surface area contributed by atoms with Gasteiger partial charge in [0.1, 0.15) is 29.2 Å². The minimum atomic E-state index is -3.93. The second kappa shape index (κ2) is 10.1. The van der Waals surface area contributed by atoms with E-state index in [-0.39, 0.29) is 18.9 Å². The number of rotatable bonds is 10. The van der Waals surface area contributed by atoms with Crippen molar-refractivity contribution < 1.29 is 23.0 Å². The molecule has 1 aromatic heterocycles. The predicted octanol–water partition coefficient (Wildman–Crippen LogP) is 2.29. The van der Waals surface area contributed by atoms with Crippen molar-refractivity contribution in [3.63, 3.8) is 0 Å². The number of nitrogens with zero attached hydrogens (tertiary/aromatic N) is 4. The van der Waals surface area contributed by atoms with E-state index >= 15 is 0 Å². The number of hydrogen-bond acceptors (Lipinski definition) is 7. The Bertz CT molecular complexity index is 1060. The largest absolute Gasteiger partial charge is 0.497 e. The molecule has 0 bridgehead atoms. The van der Waals surface area contributed by atoms with Crippen LogP contribution in [-0.4, -0.2) is 52.1 Å². The van der Waals surface area contributed by atoms with Crippen molar-refractivity contribution in [1.82, 2.24) is 19.1 Å². The first-order valence-corrected chi connectivity index (χ1v) is 11.5. The molecule has 172 valence electrons. The molecule has 0 aliphatic rings. The van der Waals surface area contributed by atoms with Crippen molar-refractivity contribution >= 4 is 10.0 Å². The summed E-state index contributed by atoms with van der Waals surface area (Å²) in [7, 11) is 0.826. The molecule has 32 heavy (non-hydrogen) atoms. The molecule has 0 spiro atoms. The molecule has 0 aliphatic heterocycles. The number of sulfonamides is 1. The van der Waals surface area contributed by atoms with Crippen LogP contribution in [0.4, 0.5) is 0 Å². The fourth-order valence-electron chi connectivity index (χ4n) is 3.29. The molecule has 1 heterocycles. The molecule has 0 saturated carbocycles. The molecule has 2 aromatic carbocycles. The maximum atomic E-state index is 13.6. The van der Waals surface area contributed by atoms with E-state index in [0.29, 0.717) is 11.5 Å². The molecule has 3 aromatic rings. The number of ether oxygens (including phenoxy) is 2. The van der Waals surface area contributed by atoms with E-state index in [1.54, 1.807) is 45.5 Å². The maximum Gasteiger partial charge on any atom is 0.220 e. The van der Waals surface area contributed by atoms with Crippen LogP contribution < -0.4 is 9.47 Å². The summed E-state index contributed by atoms with van der Waals surface area (Å²) in [6.07, 6.45) is -0.0496. The average Bonchev–Trinajstić information content (AvgIpc) is 3.24. The van der Waals surface area contributed by atoms with Crippen molar-refractivity contribution in [2.75, 3.05) is 14.2 Å². The molecule has 0 amide bonds. The van der Waals surface area contributed by atoms with Gasteiger partial charge < -0.3 is 14.6 Å². The second-order valence-corrected chi connectivity index (χ2v) is 9.69. The minimum absolute atomic E-state index is 0.133. The summed E-state index contributed by atoms with van der Waals surface area (Å²) in [6.45, 7) is 1.74. The molecule has 0 fully saturated rings. The molecule has 9 nitrogen and oxygen atoms in total. The van der Waals surface area contributed by atoms with E-state index in [0.717, 1.165) is 11.1 Å². The number of benzene rings is 2. The van der Waals surface area contributed by atoms with E-state index in [4.69, 9.17) is 9.47 Å². The molecule has 0 saturated heterocycles. The summed E-state index contributed by atoms with van der Waals surface area (Å²) >= 11 is 0. The molecule has 10 heteroatoms. The highest BCUT2D eigenvalue weighted by atomic mass is 32.2. The van der Waals surface area contributed by atoms with E-state index in [9.17, 15) is 13.5 Å². The molecule has 0 aliphatic carbocycles. The standard InChI is InChI=1S/C22H28N4O5S/c1-16(21(27)22-23-15-24-25(22)2)32(28,29)26(13-17-5-9-19(30-3)10-6-17)14-18-7-11-20(31-4)12-8-18/h5-12,15-16,21,27H,13-14H2,1-4H3/t16-,21+/m0/s1. The van der Waals surface area contributed by atoms with Crippen molar-refractivity contribution in [2.45, 2.75) is 31.4 Å². The van der Waals surface area contributed by atoms with Gasteiger partial charge >= 0.3 is 0 Å². The topological polar surface area (TPSA) is 107 Å². The number of aliphatic hydroxyl groups excluding tert-OH is 1. The highest BCUT2D eigenvalue weighted by Crippen LogP contribution is 2.26. The lowest BCUT2D eigenvalue weighted by Crippen LogP contribution is -2.40. The first-order valence-electron chi connectivity index (χ1n) is 10.0. The second-order valence-electron chi connectivity index (χ2n) is 7.40. The van der Waals surface area contributed by atoms with Gasteiger partial charge in [-0.25, -0.2) is 13.4 Å². The van der Waals surface area contributed by atoms with Gasteiger partial charge in [0.2, 0.25) is 10.0 Å². The van der Waals surface area contributed by atoms with Gasteiger partial charge in [-0.15, -0.1) is 0 Å². The van der Waals surface area contributed by atoms with Gasteiger partial charge in [0.15, 0.2) is 5.82 Å². The Morgan fingerprint density at radius 3 is 1.81 bits per heavy atom. The Balaban J connectivity index is 1.91. The molecule has 1 N–H and O–H groups in total. The molecule has 0 radical (unpaired) electrons. The molecule has 0 unspecified atom stereocenters. The fourth-order valence-corrected chi connectivity index (χ4v) is 4.86. The smallest absolute Gasteiger partial charge is 0.220 e. The van der Waals surface area contributed by atoms with Gasteiger partial charge in [0.25, 0.3) is 0 Å². The third kappa shape index (κ3) is 5.26. The van der Waals surface area contributed by atoms with Crippen molar-refractivity contribution in [2.24, 2.45) is 7.05 Å². The van der Waals surface area contributed by atoms with Gasteiger partial charge in [-0.05, 0) is 42.3 Å². The number of methoxy groups -OCH3 is 2. The highest BCUT2D eigenvalue weighted by molar-refractivity contribution is 7.89. The van der Waals surface area contributed by atoms with Crippen LogP contribution in [0.1, 0.15) is 30.0 Å². The zero-order valence-corrected chi connectivity index (χ0v) is 19.4. The SMILES string of the molecule is COc1ccc(CN(Cc2ccc(OC)cc2)S(=O)(=O)[C@@H](C)[C@@H](O)c2ncnn2C)cc1. The normalized spacial score (nSPS) is 13.7. The monoisotopic (exact) mass is 460 g/mol. The maximum absolute atomic E-state index is 13.6. The summed E-state index contributed by atoms with van der Waals surface area (Å²) in [5, 5.41) is 13.5. The molecule has 3 rings (SSSR count). The Kier molecular flexibility index (Phi) is 7.49. The van der Waals surface area contributed by atoms with Gasteiger partial charge in [0, 0.05) is 20.1 Å². The molecular weight excluding hydrogens is 432 g/mol. The molecule has 2 atom stereocenters. The zero-order chi connectivity index (χ0) is 23.3. The zero-order valence-electron chi connectivity index (χ0n) is 18.5. The van der Waals surface area contributed by atoms with Gasteiger partial charge in [0.05, 0.1) is 14.2 Å². The summed E-state index contributed by atoms with van der Waals surface area (Å²) in [5.41, 5.74) is 1.59. The summed E-state index contributed by atoms with van der Waals surface area (Å²) in [4.78, 5) is 4.01. The lowest BCUT2D eigenvalue weighted by Gasteiger charge is -2.28. The van der Waals surface area contributed by atoms with Crippen molar-refractivity contribution in [1.29, 1.82) is 0 Å². The Hall–Kier alpha value is -2.95. The summed E-state index contributed by atoms with van der Waals surface area (Å²) < 4.78 is 40.3. The van der Waals surface area contributed by atoms with Crippen LogP contribution in [0.5, 0.6) is 11.5 Å². The average molecular weight is 461 g/mol. The summed E-state index contributed by atoms with van der Waals surface area (Å²) in [6, 6.07) is 14.4.